The summed E-state index contributed by atoms with van der Waals surface area (Å²) in [6.45, 7) is 0. The average Bonchev–Trinajstić information content (AvgIpc) is 2.53. The lowest BCUT2D eigenvalue weighted by molar-refractivity contribution is 0.475. The van der Waals surface area contributed by atoms with Crippen LogP contribution in [0.25, 0.3) is 11.4 Å². The van der Waals surface area contributed by atoms with Crippen molar-refractivity contribution in [3.8, 4) is 17.1 Å². The van der Waals surface area contributed by atoms with Gasteiger partial charge in [-0.3, -0.25) is 3.97 Å². The monoisotopic (exact) mass is 193 g/mol. The summed E-state index contributed by atoms with van der Waals surface area (Å²) in [5.74, 6) is 0.886. The van der Waals surface area contributed by atoms with E-state index in [9.17, 15) is 0 Å². The van der Waals surface area contributed by atoms with Gasteiger partial charge in [-0.15, -0.1) is 10.2 Å². The first kappa shape index (κ1) is 8.12. The summed E-state index contributed by atoms with van der Waals surface area (Å²) in [6.07, 6.45) is 1.51. The van der Waals surface area contributed by atoms with E-state index in [-0.39, 0.29) is 5.75 Å². The number of aromatic hydroxyl groups is 1. The number of hydrogen-bond donors (Lipinski definition) is 2. The van der Waals surface area contributed by atoms with Crippen molar-refractivity contribution in [1.82, 2.24) is 14.2 Å². The van der Waals surface area contributed by atoms with Gasteiger partial charge < -0.3 is 5.11 Å². The van der Waals surface area contributed by atoms with Crippen LogP contribution in [0, 0.1) is 0 Å². The highest BCUT2D eigenvalue weighted by molar-refractivity contribution is 7.78. The molecule has 2 aromatic rings. The lowest BCUT2D eigenvalue weighted by Crippen LogP contribution is -1.85. The standard InChI is InChI=1S/C8H7N3OS/c12-7-3-1-6(2-4-7)8-10-9-5-11(8)13/h1-5,12-13H. The Bertz CT molecular complexity index is 410. The molecule has 0 aliphatic carbocycles. The predicted molar refractivity (Wildman–Crippen MR) is 51.5 cm³/mol. The van der Waals surface area contributed by atoms with E-state index in [0.717, 1.165) is 5.56 Å². The average molecular weight is 193 g/mol. The van der Waals surface area contributed by atoms with Gasteiger partial charge >= 0.3 is 0 Å². The minimum atomic E-state index is 0.231. The molecule has 1 aromatic heterocycles. The van der Waals surface area contributed by atoms with Crippen LogP contribution < -0.4 is 0 Å². The van der Waals surface area contributed by atoms with E-state index < -0.39 is 0 Å². The second-order valence-electron chi connectivity index (χ2n) is 2.55. The van der Waals surface area contributed by atoms with Gasteiger partial charge in [-0.1, -0.05) is 12.8 Å². The lowest BCUT2D eigenvalue weighted by atomic mass is 10.2. The summed E-state index contributed by atoms with van der Waals surface area (Å²) in [4.78, 5) is 0. The van der Waals surface area contributed by atoms with E-state index in [1.54, 1.807) is 24.3 Å². The van der Waals surface area contributed by atoms with Gasteiger partial charge in [-0.2, -0.15) is 0 Å². The number of benzene rings is 1. The largest absolute Gasteiger partial charge is 0.508 e. The van der Waals surface area contributed by atoms with Crippen molar-refractivity contribution in [2.24, 2.45) is 0 Å². The predicted octanol–water partition coefficient (Wildman–Crippen LogP) is 1.34. The SMILES string of the molecule is Oc1ccc(-c2nncn2S)cc1. The van der Waals surface area contributed by atoms with E-state index in [1.807, 2.05) is 0 Å². The summed E-state index contributed by atoms with van der Waals surface area (Å²) < 4.78 is 1.52. The van der Waals surface area contributed by atoms with Gasteiger partial charge in [0.2, 0.25) is 0 Å². The van der Waals surface area contributed by atoms with Crippen LogP contribution in [-0.4, -0.2) is 19.3 Å². The van der Waals surface area contributed by atoms with Gasteiger partial charge in [0.1, 0.15) is 12.1 Å². The number of thiol groups is 1. The van der Waals surface area contributed by atoms with Crippen LogP contribution in [0.4, 0.5) is 0 Å². The number of rotatable bonds is 1. The Morgan fingerprint density at radius 1 is 1.23 bits per heavy atom. The van der Waals surface area contributed by atoms with Crippen LogP contribution >= 0.6 is 12.8 Å². The maximum Gasteiger partial charge on any atom is 0.173 e. The van der Waals surface area contributed by atoms with E-state index in [1.165, 1.54) is 10.3 Å². The molecule has 1 N–H and O–H groups in total. The van der Waals surface area contributed by atoms with Crippen molar-refractivity contribution < 1.29 is 5.11 Å². The molecule has 13 heavy (non-hydrogen) atoms. The van der Waals surface area contributed by atoms with Crippen LogP contribution in [0.1, 0.15) is 0 Å². The van der Waals surface area contributed by atoms with Crippen LogP contribution in [0.5, 0.6) is 5.75 Å². The van der Waals surface area contributed by atoms with Crippen LogP contribution in [-0.2, 0) is 0 Å². The molecule has 0 fully saturated rings. The number of aromatic nitrogens is 3. The van der Waals surface area contributed by atoms with E-state index in [2.05, 4.69) is 23.0 Å². The molecule has 1 aromatic carbocycles. The zero-order valence-corrected chi connectivity index (χ0v) is 7.52. The molecule has 0 aliphatic rings. The van der Waals surface area contributed by atoms with Crippen LogP contribution in [0.2, 0.25) is 0 Å². The Morgan fingerprint density at radius 2 is 1.92 bits per heavy atom. The lowest BCUT2D eigenvalue weighted by Gasteiger charge is -1.98. The molecule has 0 atom stereocenters. The Hall–Kier alpha value is -1.49. The summed E-state index contributed by atoms with van der Waals surface area (Å²) >= 11 is 4.12. The van der Waals surface area contributed by atoms with Gasteiger partial charge in [0, 0.05) is 5.56 Å². The van der Waals surface area contributed by atoms with Crippen molar-refractivity contribution >= 4 is 12.8 Å². The molecule has 0 radical (unpaired) electrons. The fourth-order valence-corrected chi connectivity index (χ4v) is 1.23. The Labute approximate surface area is 80.4 Å². The molecule has 0 saturated carbocycles. The maximum absolute atomic E-state index is 9.06. The first-order valence-corrected chi connectivity index (χ1v) is 4.06. The Kier molecular flexibility index (Phi) is 1.94. The van der Waals surface area contributed by atoms with Crippen molar-refractivity contribution in [2.75, 3.05) is 0 Å². The number of nitrogens with zero attached hydrogens (tertiary/aromatic N) is 3. The molecule has 4 nitrogen and oxygen atoms in total. The first-order chi connectivity index (χ1) is 6.27. The topological polar surface area (TPSA) is 50.9 Å². The molecule has 0 bridgehead atoms. The summed E-state index contributed by atoms with van der Waals surface area (Å²) in [6, 6.07) is 6.70. The molecule has 0 unspecified atom stereocenters. The van der Waals surface area contributed by atoms with E-state index in [4.69, 9.17) is 5.11 Å². The molecule has 66 valence electrons. The fourth-order valence-electron chi connectivity index (χ4n) is 1.03. The Balaban J connectivity index is 2.47. The molecule has 0 aliphatic heterocycles. The summed E-state index contributed by atoms with van der Waals surface area (Å²) in [5, 5.41) is 16.6. The third-order valence-corrected chi connectivity index (χ3v) is 1.95. The summed E-state index contributed by atoms with van der Waals surface area (Å²) in [5.41, 5.74) is 0.866. The number of phenols is 1. The highest BCUT2D eigenvalue weighted by Gasteiger charge is 2.03. The minimum absolute atomic E-state index is 0.231. The molecule has 0 amide bonds. The van der Waals surface area contributed by atoms with Crippen LogP contribution in [0.3, 0.4) is 0 Å². The van der Waals surface area contributed by atoms with Crippen molar-refractivity contribution in [2.45, 2.75) is 0 Å². The molecule has 5 heteroatoms. The van der Waals surface area contributed by atoms with Gasteiger partial charge in [-0.05, 0) is 24.3 Å². The molecule has 0 spiro atoms. The van der Waals surface area contributed by atoms with Crippen molar-refractivity contribution in [3.05, 3.63) is 30.6 Å². The minimum Gasteiger partial charge on any atom is -0.508 e. The number of phenolic OH excluding ortho intramolecular Hbond substituents is 1. The van der Waals surface area contributed by atoms with Crippen molar-refractivity contribution in [3.63, 3.8) is 0 Å². The maximum atomic E-state index is 9.06. The van der Waals surface area contributed by atoms with Gasteiger partial charge in [0.15, 0.2) is 5.82 Å². The third kappa shape index (κ3) is 1.50. The number of hydrogen-bond acceptors (Lipinski definition) is 4. The zero-order valence-electron chi connectivity index (χ0n) is 6.62. The highest BCUT2D eigenvalue weighted by Crippen LogP contribution is 2.19. The second-order valence-corrected chi connectivity index (χ2v) is 2.98. The van der Waals surface area contributed by atoms with Gasteiger partial charge in [-0.25, -0.2) is 0 Å². The molecule has 0 saturated heterocycles. The Morgan fingerprint density at radius 3 is 2.46 bits per heavy atom. The van der Waals surface area contributed by atoms with Gasteiger partial charge in [0.25, 0.3) is 0 Å². The smallest absolute Gasteiger partial charge is 0.173 e. The van der Waals surface area contributed by atoms with Crippen molar-refractivity contribution in [1.29, 1.82) is 0 Å². The van der Waals surface area contributed by atoms with Gasteiger partial charge in [0.05, 0.1) is 0 Å². The van der Waals surface area contributed by atoms with Crippen LogP contribution in [0.15, 0.2) is 30.6 Å². The molecular formula is C8H7N3OS. The van der Waals surface area contributed by atoms with E-state index >= 15 is 0 Å². The quantitative estimate of drug-likeness (QED) is 0.672. The third-order valence-electron chi connectivity index (χ3n) is 1.66. The first-order valence-electron chi connectivity index (χ1n) is 3.66. The molecular weight excluding hydrogens is 186 g/mol. The fraction of sp³-hybridized carbons (Fsp3) is 0. The zero-order chi connectivity index (χ0) is 9.26. The molecule has 2 rings (SSSR count). The normalized spacial score (nSPS) is 10.2. The molecule has 1 heterocycles. The second kappa shape index (κ2) is 3.10. The van der Waals surface area contributed by atoms with E-state index in [0.29, 0.717) is 5.82 Å². The highest BCUT2D eigenvalue weighted by atomic mass is 32.1. The summed E-state index contributed by atoms with van der Waals surface area (Å²) in [7, 11) is 0.